The number of rotatable bonds is 3. The molecule has 4 nitrogen and oxygen atoms in total. The quantitative estimate of drug-likeness (QED) is 0.564. The highest BCUT2D eigenvalue weighted by Crippen LogP contribution is 2.29. The van der Waals surface area contributed by atoms with Gasteiger partial charge in [-0.1, -0.05) is 0 Å². The molecule has 1 rings (SSSR count). The van der Waals surface area contributed by atoms with Gasteiger partial charge in [0.15, 0.2) is 17.7 Å². The first-order valence-electron chi connectivity index (χ1n) is 3.69. The summed E-state index contributed by atoms with van der Waals surface area (Å²) in [6, 6.07) is 5.17. The van der Waals surface area contributed by atoms with Gasteiger partial charge in [-0.3, -0.25) is 5.32 Å². The summed E-state index contributed by atoms with van der Waals surface area (Å²) in [5, 5.41) is 10.9. The van der Waals surface area contributed by atoms with Crippen LogP contribution in [0.2, 0.25) is 0 Å². The number of nitrogens with one attached hydrogen (secondary N) is 1. The Kier molecular flexibility index (Phi) is 2.98. The molecule has 0 unspecified atom stereocenters. The number of hydrogen-bond donors (Lipinski definition) is 1. The van der Waals surface area contributed by atoms with Crippen molar-refractivity contribution in [1.82, 2.24) is 0 Å². The van der Waals surface area contributed by atoms with E-state index in [1.807, 2.05) is 6.19 Å². The fourth-order valence-electron chi connectivity index (χ4n) is 0.979. The van der Waals surface area contributed by atoms with Crippen molar-refractivity contribution in [1.29, 1.82) is 5.26 Å². The SMILES string of the molecule is COc1ccc(NC#N)cc1OC. The van der Waals surface area contributed by atoms with E-state index in [1.165, 1.54) is 0 Å². The molecular weight excluding hydrogens is 168 g/mol. The first-order chi connectivity index (χ1) is 6.31. The van der Waals surface area contributed by atoms with Crippen LogP contribution in [0.1, 0.15) is 0 Å². The second-order valence-corrected chi connectivity index (χ2v) is 2.31. The molecule has 0 bridgehead atoms. The predicted octanol–water partition coefficient (Wildman–Crippen LogP) is 1.60. The Balaban J connectivity index is 3.00. The molecule has 1 aromatic carbocycles. The number of nitriles is 1. The van der Waals surface area contributed by atoms with Crippen LogP contribution in [-0.4, -0.2) is 14.2 Å². The molecule has 0 heterocycles. The van der Waals surface area contributed by atoms with Gasteiger partial charge in [-0.2, -0.15) is 5.26 Å². The van der Waals surface area contributed by atoms with Gasteiger partial charge in [0, 0.05) is 6.07 Å². The molecule has 0 aliphatic heterocycles. The van der Waals surface area contributed by atoms with Crippen molar-refractivity contribution in [3.05, 3.63) is 18.2 Å². The van der Waals surface area contributed by atoms with Crippen molar-refractivity contribution < 1.29 is 9.47 Å². The topological polar surface area (TPSA) is 54.3 Å². The van der Waals surface area contributed by atoms with E-state index in [2.05, 4.69) is 5.32 Å². The Bertz CT molecular complexity index is 331. The molecule has 0 saturated carbocycles. The Morgan fingerprint density at radius 1 is 1.23 bits per heavy atom. The summed E-state index contributed by atoms with van der Waals surface area (Å²) in [4.78, 5) is 0. The number of ether oxygens (including phenoxy) is 2. The van der Waals surface area contributed by atoms with Crippen molar-refractivity contribution in [2.24, 2.45) is 0 Å². The molecule has 0 aliphatic carbocycles. The summed E-state index contributed by atoms with van der Waals surface area (Å²) in [7, 11) is 3.11. The Morgan fingerprint density at radius 3 is 2.46 bits per heavy atom. The minimum Gasteiger partial charge on any atom is -0.493 e. The van der Waals surface area contributed by atoms with Crippen molar-refractivity contribution in [3.63, 3.8) is 0 Å². The van der Waals surface area contributed by atoms with Gasteiger partial charge in [0.1, 0.15) is 0 Å². The van der Waals surface area contributed by atoms with Crippen molar-refractivity contribution in [2.75, 3.05) is 19.5 Å². The monoisotopic (exact) mass is 178 g/mol. The van der Waals surface area contributed by atoms with Gasteiger partial charge in [-0.05, 0) is 12.1 Å². The minimum atomic E-state index is 0.600. The number of nitrogens with zero attached hydrogens (tertiary/aromatic N) is 1. The van der Waals surface area contributed by atoms with Crippen molar-refractivity contribution in [3.8, 4) is 17.7 Å². The Hall–Kier alpha value is -1.89. The Morgan fingerprint density at radius 2 is 1.92 bits per heavy atom. The van der Waals surface area contributed by atoms with E-state index >= 15 is 0 Å². The van der Waals surface area contributed by atoms with Gasteiger partial charge in [-0.25, -0.2) is 0 Å². The van der Waals surface area contributed by atoms with Gasteiger partial charge in [0.05, 0.1) is 19.9 Å². The largest absolute Gasteiger partial charge is 0.493 e. The van der Waals surface area contributed by atoms with Crippen LogP contribution in [0, 0.1) is 11.5 Å². The number of hydrogen-bond acceptors (Lipinski definition) is 4. The summed E-state index contributed by atoms with van der Waals surface area (Å²) >= 11 is 0. The summed E-state index contributed by atoms with van der Waals surface area (Å²) in [6.07, 6.45) is 1.83. The van der Waals surface area contributed by atoms with Crippen LogP contribution in [0.4, 0.5) is 5.69 Å². The van der Waals surface area contributed by atoms with Crippen LogP contribution < -0.4 is 14.8 Å². The van der Waals surface area contributed by atoms with E-state index in [0.29, 0.717) is 17.2 Å². The summed E-state index contributed by atoms with van der Waals surface area (Å²) < 4.78 is 10.1. The van der Waals surface area contributed by atoms with E-state index in [0.717, 1.165) is 0 Å². The number of benzene rings is 1. The number of methoxy groups -OCH3 is 2. The van der Waals surface area contributed by atoms with E-state index < -0.39 is 0 Å². The van der Waals surface area contributed by atoms with E-state index in [1.54, 1.807) is 32.4 Å². The average Bonchev–Trinajstić information content (AvgIpc) is 2.18. The van der Waals surface area contributed by atoms with Gasteiger partial charge in [0.2, 0.25) is 0 Å². The van der Waals surface area contributed by atoms with Crippen LogP contribution in [0.25, 0.3) is 0 Å². The lowest BCUT2D eigenvalue weighted by atomic mass is 10.3. The molecule has 68 valence electrons. The fraction of sp³-hybridized carbons (Fsp3) is 0.222. The maximum atomic E-state index is 8.38. The lowest BCUT2D eigenvalue weighted by molar-refractivity contribution is 0.355. The molecule has 0 aliphatic rings. The van der Waals surface area contributed by atoms with Crippen LogP contribution in [-0.2, 0) is 0 Å². The lowest BCUT2D eigenvalue weighted by Gasteiger charge is -2.07. The molecule has 0 spiro atoms. The van der Waals surface area contributed by atoms with Gasteiger partial charge < -0.3 is 9.47 Å². The molecule has 1 aromatic rings. The molecule has 0 amide bonds. The normalized spacial score (nSPS) is 8.69. The third-order valence-corrected chi connectivity index (χ3v) is 1.58. The van der Waals surface area contributed by atoms with Gasteiger partial charge >= 0.3 is 0 Å². The Labute approximate surface area is 76.7 Å². The van der Waals surface area contributed by atoms with Gasteiger partial charge in [0.25, 0.3) is 0 Å². The second-order valence-electron chi connectivity index (χ2n) is 2.31. The fourth-order valence-corrected chi connectivity index (χ4v) is 0.979. The first kappa shape index (κ1) is 9.20. The average molecular weight is 178 g/mol. The molecule has 4 heteroatoms. The maximum Gasteiger partial charge on any atom is 0.181 e. The molecule has 0 atom stereocenters. The summed E-state index contributed by atoms with van der Waals surface area (Å²) in [6.45, 7) is 0. The smallest absolute Gasteiger partial charge is 0.181 e. The second kappa shape index (κ2) is 4.21. The molecule has 0 radical (unpaired) electrons. The van der Waals surface area contributed by atoms with E-state index in [9.17, 15) is 0 Å². The van der Waals surface area contributed by atoms with Crippen LogP contribution in [0.5, 0.6) is 11.5 Å². The van der Waals surface area contributed by atoms with Crippen LogP contribution >= 0.6 is 0 Å². The highest BCUT2D eigenvalue weighted by Gasteiger charge is 2.03. The van der Waals surface area contributed by atoms with E-state index in [4.69, 9.17) is 14.7 Å². The molecule has 0 fully saturated rings. The summed E-state index contributed by atoms with van der Waals surface area (Å²) in [5.74, 6) is 1.24. The van der Waals surface area contributed by atoms with Crippen molar-refractivity contribution >= 4 is 5.69 Å². The minimum absolute atomic E-state index is 0.600. The highest BCUT2D eigenvalue weighted by atomic mass is 16.5. The standard InChI is InChI=1S/C9H10N2O2/c1-12-8-4-3-7(11-6-10)5-9(8)13-2/h3-5,11H,1-2H3. The molecule has 1 N–H and O–H groups in total. The maximum absolute atomic E-state index is 8.38. The molecule has 13 heavy (non-hydrogen) atoms. The predicted molar refractivity (Wildman–Crippen MR) is 48.8 cm³/mol. The molecule has 0 aromatic heterocycles. The van der Waals surface area contributed by atoms with Crippen molar-refractivity contribution in [2.45, 2.75) is 0 Å². The first-order valence-corrected chi connectivity index (χ1v) is 3.69. The third-order valence-electron chi connectivity index (χ3n) is 1.58. The number of anilines is 1. The van der Waals surface area contributed by atoms with Crippen LogP contribution in [0.3, 0.4) is 0 Å². The zero-order chi connectivity index (χ0) is 9.68. The molecular formula is C9H10N2O2. The van der Waals surface area contributed by atoms with Crippen LogP contribution in [0.15, 0.2) is 18.2 Å². The van der Waals surface area contributed by atoms with Gasteiger partial charge in [-0.15, -0.1) is 0 Å². The summed E-state index contributed by atoms with van der Waals surface area (Å²) in [5.41, 5.74) is 0.681. The third kappa shape index (κ3) is 2.03. The zero-order valence-corrected chi connectivity index (χ0v) is 7.50. The lowest BCUT2D eigenvalue weighted by Crippen LogP contribution is -1.92. The zero-order valence-electron chi connectivity index (χ0n) is 7.50. The van der Waals surface area contributed by atoms with E-state index in [-0.39, 0.29) is 0 Å². The highest BCUT2D eigenvalue weighted by molar-refractivity contribution is 5.56. The molecule has 0 saturated heterocycles.